The van der Waals surface area contributed by atoms with E-state index in [0.29, 0.717) is 45.9 Å². The summed E-state index contributed by atoms with van der Waals surface area (Å²) < 4.78 is 5.30. The van der Waals surface area contributed by atoms with Gasteiger partial charge in [-0.1, -0.05) is 17.7 Å². The number of hydrogen-bond acceptors (Lipinski definition) is 4. The van der Waals surface area contributed by atoms with E-state index in [2.05, 4.69) is 10.2 Å². The zero-order chi connectivity index (χ0) is 17.6. The van der Waals surface area contributed by atoms with Crippen LogP contribution in [0.2, 0.25) is 0 Å². The number of nitrogens with zero attached hydrogens (tertiary/aromatic N) is 3. The average molecular weight is 346 g/mol. The summed E-state index contributed by atoms with van der Waals surface area (Å²) in [6.07, 6.45) is 0. The van der Waals surface area contributed by atoms with Gasteiger partial charge in [-0.3, -0.25) is 9.69 Å². The molecule has 7 nitrogen and oxygen atoms in total. The van der Waals surface area contributed by atoms with Crippen LogP contribution < -0.4 is 5.32 Å². The molecule has 3 amide bonds. The van der Waals surface area contributed by atoms with Gasteiger partial charge in [0.1, 0.15) is 0 Å². The number of ether oxygens (including phenoxy) is 1. The quantitative estimate of drug-likeness (QED) is 0.887. The number of rotatable bonds is 3. The number of benzene rings is 1. The Kier molecular flexibility index (Phi) is 5.88. The normalized spacial score (nSPS) is 18.9. The maximum atomic E-state index is 12.4. The van der Waals surface area contributed by atoms with Crippen molar-refractivity contribution >= 4 is 17.6 Å². The molecule has 0 spiro atoms. The third-order valence-electron chi connectivity index (χ3n) is 4.68. The van der Waals surface area contributed by atoms with E-state index in [9.17, 15) is 9.59 Å². The van der Waals surface area contributed by atoms with E-state index in [1.807, 2.05) is 36.1 Å². The van der Waals surface area contributed by atoms with Crippen molar-refractivity contribution in [3.05, 3.63) is 29.8 Å². The molecule has 7 heteroatoms. The van der Waals surface area contributed by atoms with Crippen LogP contribution in [0.5, 0.6) is 0 Å². The first-order chi connectivity index (χ1) is 12.1. The van der Waals surface area contributed by atoms with Crippen LogP contribution in [0.15, 0.2) is 24.3 Å². The second-order valence-corrected chi connectivity index (χ2v) is 6.55. The first-order valence-electron chi connectivity index (χ1n) is 8.82. The van der Waals surface area contributed by atoms with E-state index in [0.717, 1.165) is 24.3 Å². The molecular formula is C18H26N4O3. The van der Waals surface area contributed by atoms with Gasteiger partial charge in [0.15, 0.2) is 0 Å². The predicted octanol–water partition coefficient (Wildman–Crippen LogP) is 1.00. The van der Waals surface area contributed by atoms with Crippen LogP contribution in [0.3, 0.4) is 0 Å². The molecule has 1 aromatic rings. The molecule has 0 aliphatic carbocycles. The lowest BCUT2D eigenvalue weighted by Gasteiger charge is -2.36. The van der Waals surface area contributed by atoms with Crippen LogP contribution in [-0.2, 0) is 9.53 Å². The van der Waals surface area contributed by atoms with Crippen molar-refractivity contribution in [3.8, 4) is 0 Å². The van der Waals surface area contributed by atoms with E-state index in [1.165, 1.54) is 0 Å². The summed E-state index contributed by atoms with van der Waals surface area (Å²) in [5, 5.41) is 2.91. The summed E-state index contributed by atoms with van der Waals surface area (Å²) in [7, 11) is 0. The Morgan fingerprint density at radius 3 is 2.20 bits per heavy atom. The Bertz CT molecular complexity index is 591. The highest BCUT2D eigenvalue weighted by molar-refractivity contribution is 5.89. The van der Waals surface area contributed by atoms with E-state index in [4.69, 9.17) is 4.74 Å². The van der Waals surface area contributed by atoms with Crippen LogP contribution in [0, 0.1) is 6.92 Å². The highest BCUT2D eigenvalue weighted by atomic mass is 16.5. The summed E-state index contributed by atoms with van der Waals surface area (Å²) in [5.74, 6) is 0.139. The zero-order valence-corrected chi connectivity index (χ0v) is 14.7. The topological polar surface area (TPSA) is 65.1 Å². The van der Waals surface area contributed by atoms with Gasteiger partial charge in [-0.25, -0.2) is 4.79 Å². The van der Waals surface area contributed by atoms with Gasteiger partial charge >= 0.3 is 6.03 Å². The van der Waals surface area contributed by atoms with Crippen molar-refractivity contribution < 1.29 is 14.3 Å². The molecule has 0 bridgehead atoms. The average Bonchev–Trinajstić information content (AvgIpc) is 2.64. The molecule has 136 valence electrons. The lowest BCUT2D eigenvalue weighted by Crippen LogP contribution is -2.54. The molecular weight excluding hydrogens is 320 g/mol. The summed E-state index contributed by atoms with van der Waals surface area (Å²) in [6.45, 7) is 7.77. The second kappa shape index (κ2) is 8.31. The Hall–Kier alpha value is -2.12. The van der Waals surface area contributed by atoms with Crippen LogP contribution in [0.1, 0.15) is 5.56 Å². The Labute approximate surface area is 148 Å². The fourth-order valence-electron chi connectivity index (χ4n) is 3.05. The number of urea groups is 1. The molecule has 2 heterocycles. The maximum Gasteiger partial charge on any atom is 0.321 e. The van der Waals surface area contributed by atoms with E-state index in [1.54, 1.807) is 4.90 Å². The van der Waals surface area contributed by atoms with Gasteiger partial charge in [0.2, 0.25) is 5.91 Å². The SMILES string of the molecule is Cc1ccc(NC(=O)N2CCN(C(=O)CN3CCOCC3)CC2)cc1. The Morgan fingerprint density at radius 2 is 1.56 bits per heavy atom. The fourth-order valence-corrected chi connectivity index (χ4v) is 3.05. The number of carbonyl (C=O) groups is 2. The standard InChI is InChI=1S/C18H26N4O3/c1-15-2-4-16(5-3-15)19-18(24)22-8-6-21(7-9-22)17(23)14-20-10-12-25-13-11-20/h2-5H,6-14H2,1H3,(H,19,24). The summed E-state index contributed by atoms with van der Waals surface area (Å²) in [6, 6.07) is 7.63. The van der Waals surface area contributed by atoms with Crippen molar-refractivity contribution in [1.82, 2.24) is 14.7 Å². The van der Waals surface area contributed by atoms with Crippen molar-refractivity contribution in [2.45, 2.75) is 6.92 Å². The molecule has 1 aromatic carbocycles. The molecule has 25 heavy (non-hydrogen) atoms. The van der Waals surface area contributed by atoms with Crippen molar-refractivity contribution in [3.63, 3.8) is 0 Å². The van der Waals surface area contributed by atoms with Crippen LogP contribution in [-0.4, -0.2) is 85.7 Å². The lowest BCUT2D eigenvalue weighted by atomic mass is 10.2. The molecule has 1 N–H and O–H groups in total. The molecule has 2 fully saturated rings. The molecule has 2 aliphatic rings. The van der Waals surface area contributed by atoms with Crippen molar-refractivity contribution in [2.75, 3.05) is 64.3 Å². The number of hydrogen-bond donors (Lipinski definition) is 1. The zero-order valence-electron chi connectivity index (χ0n) is 14.7. The maximum absolute atomic E-state index is 12.4. The molecule has 2 saturated heterocycles. The number of amides is 3. The minimum atomic E-state index is -0.107. The van der Waals surface area contributed by atoms with Gasteiger partial charge in [0.25, 0.3) is 0 Å². The monoisotopic (exact) mass is 346 g/mol. The summed E-state index contributed by atoms with van der Waals surface area (Å²) >= 11 is 0. The van der Waals surface area contributed by atoms with Gasteiger partial charge in [-0.05, 0) is 19.1 Å². The Morgan fingerprint density at radius 1 is 0.960 bits per heavy atom. The number of aryl methyl sites for hydroxylation is 1. The number of piperazine rings is 1. The van der Waals surface area contributed by atoms with E-state index in [-0.39, 0.29) is 11.9 Å². The van der Waals surface area contributed by atoms with Crippen LogP contribution in [0.4, 0.5) is 10.5 Å². The van der Waals surface area contributed by atoms with Crippen LogP contribution >= 0.6 is 0 Å². The minimum absolute atomic E-state index is 0.107. The number of morpholine rings is 1. The first-order valence-corrected chi connectivity index (χ1v) is 8.82. The number of nitrogens with one attached hydrogen (secondary N) is 1. The highest BCUT2D eigenvalue weighted by Crippen LogP contribution is 2.11. The minimum Gasteiger partial charge on any atom is -0.379 e. The number of carbonyl (C=O) groups excluding carboxylic acids is 2. The molecule has 0 unspecified atom stereocenters. The second-order valence-electron chi connectivity index (χ2n) is 6.55. The van der Waals surface area contributed by atoms with Crippen molar-refractivity contribution in [2.24, 2.45) is 0 Å². The van der Waals surface area contributed by atoms with Gasteiger partial charge < -0.3 is 19.9 Å². The largest absolute Gasteiger partial charge is 0.379 e. The first kappa shape index (κ1) is 17.7. The molecule has 0 atom stereocenters. The highest BCUT2D eigenvalue weighted by Gasteiger charge is 2.25. The van der Waals surface area contributed by atoms with Gasteiger partial charge in [0, 0.05) is 45.0 Å². The Balaban J connectivity index is 1.43. The van der Waals surface area contributed by atoms with E-state index < -0.39 is 0 Å². The van der Waals surface area contributed by atoms with E-state index >= 15 is 0 Å². The smallest absolute Gasteiger partial charge is 0.321 e. The molecule has 0 radical (unpaired) electrons. The molecule has 3 rings (SSSR count). The lowest BCUT2D eigenvalue weighted by molar-refractivity contribution is -0.134. The number of anilines is 1. The summed E-state index contributed by atoms with van der Waals surface area (Å²) in [5.41, 5.74) is 1.95. The van der Waals surface area contributed by atoms with Crippen LogP contribution in [0.25, 0.3) is 0 Å². The van der Waals surface area contributed by atoms with Gasteiger partial charge in [0.05, 0.1) is 19.8 Å². The fraction of sp³-hybridized carbons (Fsp3) is 0.556. The molecule has 2 aliphatic heterocycles. The molecule has 0 saturated carbocycles. The van der Waals surface area contributed by atoms with Gasteiger partial charge in [-0.15, -0.1) is 0 Å². The third kappa shape index (κ3) is 4.93. The summed E-state index contributed by atoms with van der Waals surface area (Å²) in [4.78, 5) is 30.5. The third-order valence-corrected chi connectivity index (χ3v) is 4.68. The van der Waals surface area contributed by atoms with Gasteiger partial charge in [-0.2, -0.15) is 0 Å². The van der Waals surface area contributed by atoms with Crippen molar-refractivity contribution in [1.29, 1.82) is 0 Å². The predicted molar refractivity (Wildman–Crippen MR) is 95.6 cm³/mol. The molecule has 0 aromatic heterocycles.